The molecule has 0 aromatic heterocycles. The van der Waals surface area contributed by atoms with Gasteiger partial charge in [-0.05, 0) is 53.3 Å². The summed E-state index contributed by atoms with van der Waals surface area (Å²) in [7, 11) is -1.46. The molecule has 7 heteroatoms. The Morgan fingerprint density at radius 1 is 1.38 bits per heavy atom. The van der Waals surface area contributed by atoms with Gasteiger partial charge in [0, 0.05) is 28.8 Å². The number of nitrogens with zero attached hydrogens (tertiary/aromatic N) is 1. The van der Waals surface area contributed by atoms with Crippen molar-refractivity contribution < 1.29 is 17.9 Å². The highest BCUT2D eigenvalue weighted by Gasteiger charge is 2.34. The first-order valence-corrected chi connectivity index (χ1v) is 9.59. The van der Waals surface area contributed by atoms with E-state index in [2.05, 4.69) is 22.6 Å². The molecular formula is C14H18INO4S. The molecule has 1 saturated heterocycles. The minimum atomic E-state index is -3.02. The minimum absolute atomic E-state index is 0.0484. The summed E-state index contributed by atoms with van der Waals surface area (Å²) in [5.74, 6) is 0.0686. The average molecular weight is 423 g/mol. The van der Waals surface area contributed by atoms with Crippen LogP contribution < -0.4 is 0 Å². The van der Waals surface area contributed by atoms with Crippen LogP contribution in [0.5, 0.6) is 0 Å². The number of hydrogen-bond donors (Lipinski definition) is 0. The van der Waals surface area contributed by atoms with Crippen molar-refractivity contribution in [3.63, 3.8) is 0 Å². The van der Waals surface area contributed by atoms with Crippen molar-refractivity contribution in [2.75, 3.05) is 31.8 Å². The standard InChI is InChI=1S/C14H18INO4S/c1-20-8-7-16(13-6-9-21(18,19)10-13)14(17)11-2-4-12(15)5-3-11/h2-5,13H,6-10H2,1H3. The van der Waals surface area contributed by atoms with E-state index in [1.807, 2.05) is 12.1 Å². The first kappa shape index (κ1) is 16.7. The molecule has 1 aliphatic heterocycles. The Morgan fingerprint density at radius 2 is 2.05 bits per heavy atom. The Kier molecular flexibility index (Phi) is 5.61. The van der Waals surface area contributed by atoms with Gasteiger partial charge in [0.15, 0.2) is 9.84 Å². The summed E-state index contributed by atoms with van der Waals surface area (Å²) < 4.78 is 29.4. The SMILES string of the molecule is COCCN(C(=O)c1ccc(I)cc1)C1CCS(=O)(=O)C1. The molecule has 2 rings (SSSR count). The first-order valence-electron chi connectivity index (χ1n) is 6.69. The molecule has 21 heavy (non-hydrogen) atoms. The smallest absolute Gasteiger partial charge is 0.254 e. The van der Waals surface area contributed by atoms with Gasteiger partial charge in [-0.1, -0.05) is 0 Å². The van der Waals surface area contributed by atoms with Gasteiger partial charge in [0.1, 0.15) is 0 Å². The lowest BCUT2D eigenvalue weighted by Crippen LogP contribution is -2.43. The predicted octanol–water partition coefficient (Wildman–Crippen LogP) is 1.57. The Bertz CT molecular complexity index is 600. The van der Waals surface area contributed by atoms with Crippen LogP contribution in [0.15, 0.2) is 24.3 Å². The lowest BCUT2D eigenvalue weighted by atomic mass is 10.1. The Morgan fingerprint density at radius 3 is 2.57 bits per heavy atom. The van der Waals surface area contributed by atoms with Crippen LogP contribution in [0.4, 0.5) is 0 Å². The fourth-order valence-corrected chi connectivity index (χ4v) is 4.51. The molecule has 1 heterocycles. The van der Waals surface area contributed by atoms with Crippen LogP contribution in [0, 0.1) is 3.57 Å². The molecule has 1 aromatic carbocycles. The Labute approximate surface area is 138 Å². The number of carbonyl (C=O) groups excluding carboxylic acids is 1. The van der Waals surface area contributed by atoms with Crippen molar-refractivity contribution in [2.24, 2.45) is 0 Å². The van der Waals surface area contributed by atoms with E-state index in [1.165, 1.54) is 0 Å². The zero-order valence-electron chi connectivity index (χ0n) is 11.8. The molecule has 1 amide bonds. The third-order valence-electron chi connectivity index (χ3n) is 3.54. The molecule has 1 unspecified atom stereocenters. The molecule has 0 radical (unpaired) electrons. The number of rotatable bonds is 5. The van der Waals surface area contributed by atoms with E-state index < -0.39 is 9.84 Å². The van der Waals surface area contributed by atoms with E-state index in [1.54, 1.807) is 24.1 Å². The van der Waals surface area contributed by atoms with Crippen molar-refractivity contribution in [1.29, 1.82) is 0 Å². The molecule has 0 saturated carbocycles. The summed E-state index contributed by atoms with van der Waals surface area (Å²) >= 11 is 2.18. The topological polar surface area (TPSA) is 63.7 Å². The van der Waals surface area contributed by atoms with Gasteiger partial charge in [-0.15, -0.1) is 0 Å². The van der Waals surface area contributed by atoms with Crippen LogP contribution in [0.1, 0.15) is 16.8 Å². The van der Waals surface area contributed by atoms with Crippen LogP contribution in [-0.2, 0) is 14.6 Å². The number of ether oxygens (including phenoxy) is 1. The number of hydrogen-bond acceptors (Lipinski definition) is 4. The van der Waals surface area contributed by atoms with Gasteiger partial charge in [-0.2, -0.15) is 0 Å². The van der Waals surface area contributed by atoms with Gasteiger partial charge in [-0.3, -0.25) is 4.79 Å². The monoisotopic (exact) mass is 423 g/mol. The van der Waals surface area contributed by atoms with Crippen molar-refractivity contribution in [2.45, 2.75) is 12.5 Å². The van der Waals surface area contributed by atoms with Crippen LogP contribution in [0.3, 0.4) is 0 Å². The molecule has 1 aromatic rings. The lowest BCUT2D eigenvalue weighted by molar-refractivity contribution is 0.0624. The van der Waals surface area contributed by atoms with Crippen molar-refractivity contribution in [1.82, 2.24) is 4.90 Å². The van der Waals surface area contributed by atoms with E-state index in [0.29, 0.717) is 25.1 Å². The third kappa shape index (κ3) is 4.40. The molecule has 1 fully saturated rings. The van der Waals surface area contributed by atoms with Gasteiger partial charge in [0.05, 0.1) is 18.1 Å². The zero-order chi connectivity index (χ0) is 15.5. The molecule has 1 aliphatic rings. The zero-order valence-corrected chi connectivity index (χ0v) is 14.8. The van der Waals surface area contributed by atoms with Crippen molar-refractivity contribution in [3.05, 3.63) is 33.4 Å². The van der Waals surface area contributed by atoms with Gasteiger partial charge in [0.25, 0.3) is 5.91 Å². The molecule has 0 spiro atoms. The molecule has 0 bridgehead atoms. The summed E-state index contributed by atoms with van der Waals surface area (Å²) in [6.45, 7) is 0.800. The van der Waals surface area contributed by atoms with Gasteiger partial charge < -0.3 is 9.64 Å². The van der Waals surface area contributed by atoms with Crippen LogP contribution in [0.2, 0.25) is 0 Å². The molecule has 0 N–H and O–H groups in total. The van der Waals surface area contributed by atoms with E-state index in [0.717, 1.165) is 3.57 Å². The molecule has 116 valence electrons. The molecule has 5 nitrogen and oxygen atoms in total. The Hall–Kier alpha value is -0.670. The summed E-state index contributed by atoms with van der Waals surface area (Å²) in [6, 6.07) is 7.03. The van der Waals surface area contributed by atoms with Gasteiger partial charge >= 0.3 is 0 Å². The van der Waals surface area contributed by atoms with Crippen molar-refractivity contribution in [3.8, 4) is 0 Å². The molecular weight excluding hydrogens is 405 g/mol. The molecule has 0 aliphatic carbocycles. The second-order valence-corrected chi connectivity index (χ2v) is 8.53. The maximum absolute atomic E-state index is 12.6. The third-order valence-corrected chi connectivity index (χ3v) is 6.01. The van der Waals surface area contributed by atoms with E-state index in [4.69, 9.17) is 4.74 Å². The normalized spacial score (nSPS) is 20.4. The average Bonchev–Trinajstić information content (AvgIpc) is 2.80. The summed E-state index contributed by atoms with van der Waals surface area (Å²) in [4.78, 5) is 14.3. The fourth-order valence-electron chi connectivity index (χ4n) is 2.42. The van der Waals surface area contributed by atoms with Crippen LogP contribution in [-0.4, -0.2) is 57.0 Å². The maximum atomic E-state index is 12.6. The lowest BCUT2D eigenvalue weighted by Gasteiger charge is -2.28. The highest BCUT2D eigenvalue weighted by molar-refractivity contribution is 14.1. The van der Waals surface area contributed by atoms with E-state index in [-0.39, 0.29) is 23.5 Å². The summed E-state index contributed by atoms with van der Waals surface area (Å²) in [5, 5.41) is 0. The maximum Gasteiger partial charge on any atom is 0.254 e. The van der Waals surface area contributed by atoms with Gasteiger partial charge in [-0.25, -0.2) is 8.42 Å². The number of methoxy groups -OCH3 is 1. The van der Waals surface area contributed by atoms with Gasteiger partial charge in [0.2, 0.25) is 0 Å². The number of benzene rings is 1. The highest BCUT2D eigenvalue weighted by atomic mass is 127. The first-order chi connectivity index (χ1) is 9.93. The number of carbonyl (C=O) groups is 1. The predicted molar refractivity (Wildman–Crippen MR) is 89.1 cm³/mol. The number of sulfone groups is 1. The quantitative estimate of drug-likeness (QED) is 0.675. The fraction of sp³-hybridized carbons (Fsp3) is 0.500. The van der Waals surface area contributed by atoms with Crippen LogP contribution >= 0.6 is 22.6 Å². The van der Waals surface area contributed by atoms with Crippen molar-refractivity contribution >= 4 is 38.3 Å². The minimum Gasteiger partial charge on any atom is -0.383 e. The van der Waals surface area contributed by atoms with Crippen LogP contribution in [0.25, 0.3) is 0 Å². The summed E-state index contributed by atoms with van der Waals surface area (Å²) in [6.07, 6.45) is 0.502. The largest absolute Gasteiger partial charge is 0.383 e. The second kappa shape index (κ2) is 7.06. The van der Waals surface area contributed by atoms with E-state index >= 15 is 0 Å². The van der Waals surface area contributed by atoms with E-state index in [9.17, 15) is 13.2 Å². The molecule has 1 atom stereocenters. The number of halogens is 1. The Balaban J connectivity index is 2.19. The summed E-state index contributed by atoms with van der Waals surface area (Å²) in [5.41, 5.74) is 0.579. The second-order valence-electron chi connectivity index (χ2n) is 5.06. The highest BCUT2D eigenvalue weighted by Crippen LogP contribution is 2.20. The number of amides is 1.